The minimum absolute atomic E-state index is 0.0192. The molecule has 3 atom stereocenters. The monoisotopic (exact) mass is 354 g/mol. The van der Waals surface area contributed by atoms with Gasteiger partial charge in [0.25, 0.3) is 0 Å². The summed E-state index contributed by atoms with van der Waals surface area (Å²) in [4.78, 5) is 31.1. The van der Waals surface area contributed by atoms with Crippen molar-refractivity contribution in [3.05, 3.63) is 36.0 Å². The number of carbonyl (C=O) groups is 2. The molecule has 0 spiro atoms. The maximum atomic E-state index is 13.2. The lowest BCUT2D eigenvalue weighted by Gasteiger charge is -2.34. The number of ether oxygens (including phenoxy) is 1. The van der Waals surface area contributed by atoms with Gasteiger partial charge in [-0.25, -0.2) is 0 Å². The van der Waals surface area contributed by atoms with Gasteiger partial charge in [-0.15, -0.1) is 0 Å². The SMILES string of the molecule is CCOC(=O)[C@@]1(CC)C[C@H]2CC[C@@H]1N2C(=O)Cc1c[nH]c2ccccc12. The van der Waals surface area contributed by atoms with E-state index >= 15 is 0 Å². The van der Waals surface area contributed by atoms with Gasteiger partial charge < -0.3 is 14.6 Å². The van der Waals surface area contributed by atoms with Crippen molar-refractivity contribution >= 4 is 22.8 Å². The molecule has 2 saturated heterocycles. The molecular weight excluding hydrogens is 328 g/mol. The van der Waals surface area contributed by atoms with Gasteiger partial charge in [0.05, 0.1) is 18.4 Å². The largest absolute Gasteiger partial charge is 0.466 e. The second-order valence-electron chi connectivity index (χ2n) is 7.52. The third-order valence-electron chi connectivity index (χ3n) is 6.36. The van der Waals surface area contributed by atoms with Crippen molar-refractivity contribution in [2.75, 3.05) is 6.61 Å². The van der Waals surface area contributed by atoms with Gasteiger partial charge in [-0.05, 0) is 44.2 Å². The number of hydrogen-bond acceptors (Lipinski definition) is 3. The molecule has 1 aromatic heterocycles. The van der Waals surface area contributed by atoms with E-state index in [0.29, 0.717) is 13.0 Å². The van der Waals surface area contributed by atoms with E-state index in [-0.39, 0.29) is 24.0 Å². The highest BCUT2D eigenvalue weighted by Crippen LogP contribution is 2.52. The molecule has 0 unspecified atom stereocenters. The Hall–Kier alpha value is -2.30. The van der Waals surface area contributed by atoms with Crippen LogP contribution in [0.4, 0.5) is 0 Å². The molecule has 2 aliphatic rings. The van der Waals surface area contributed by atoms with Crippen molar-refractivity contribution in [1.29, 1.82) is 0 Å². The van der Waals surface area contributed by atoms with Crippen LogP contribution in [0, 0.1) is 5.41 Å². The first-order valence-corrected chi connectivity index (χ1v) is 9.64. The summed E-state index contributed by atoms with van der Waals surface area (Å²) in [5, 5.41) is 1.10. The van der Waals surface area contributed by atoms with Gasteiger partial charge in [-0.3, -0.25) is 9.59 Å². The third kappa shape index (κ3) is 2.44. The molecule has 2 aromatic rings. The summed E-state index contributed by atoms with van der Waals surface area (Å²) in [6, 6.07) is 8.19. The van der Waals surface area contributed by atoms with Crippen molar-refractivity contribution in [1.82, 2.24) is 9.88 Å². The standard InChI is InChI=1S/C21H26N2O3/c1-3-21(20(25)26-4-2)12-15-9-10-18(21)23(15)19(24)11-14-13-22-17-8-6-5-7-16(14)17/h5-8,13,15,18,22H,3-4,9-12H2,1-2H3/t15-,18+,21+/m1/s1. The summed E-state index contributed by atoms with van der Waals surface area (Å²) < 4.78 is 5.38. The number of aromatic nitrogens is 1. The van der Waals surface area contributed by atoms with Gasteiger partial charge in [-0.2, -0.15) is 0 Å². The summed E-state index contributed by atoms with van der Waals surface area (Å²) in [7, 11) is 0. The Kier molecular flexibility index (Phi) is 4.25. The lowest BCUT2D eigenvalue weighted by atomic mass is 9.72. The molecule has 0 saturated carbocycles. The van der Waals surface area contributed by atoms with E-state index in [1.54, 1.807) is 0 Å². The average molecular weight is 354 g/mol. The molecule has 138 valence electrons. The first-order chi connectivity index (χ1) is 12.6. The van der Waals surface area contributed by atoms with Crippen molar-refractivity contribution in [3.8, 4) is 0 Å². The zero-order chi connectivity index (χ0) is 18.3. The second kappa shape index (κ2) is 6.45. The summed E-state index contributed by atoms with van der Waals surface area (Å²) in [6.45, 7) is 4.27. The number of hydrogen-bond donors (Lipinski definition) is 1. The molecule has 2 aliphatic heterocycles. The van der Waals surface area contributed by atoms with E-state index in [4.69, 9.17) is 4.74 Å². The van der Waals surface area contributed by atoms with E-state index in [2.05, 4.69) is 4.98 Å². The minimum Gasteiger partial charge on any atom is -0.466 e. The number of nitrogens with one attached hydrogen (secondary N) is 1. The van der Waals surface area contributed by atoms with Crippen LogP contribution in [0.2, 0.25) is 0 Å². The van der Waals surface area contributed by atoms with Gasteiger partial charge in [0.15, 0.2) is 0 Å². The normalized spacial score (nSPS) is 27.2. The van der Waals surface area contributed by atoms with Crippen LogP contribution in [0.15, 0.2) is 30.5 Å². The number of aromatic amines is 1. The second-order valence-corrected chi connectivity index (χ2v) is 7.52. The van der Waals surface area contributed by atoms with Gasteiger partial charge >= 0.3 is 5.97 Å². The molecule has 2 bridgehead atoms. The zero-order valence-electron chi connectivity index (χ0n) is 15.5. The molecular formula is C21H26N2O3. The first-order valence-electron chi connectivity index (χ1n) is 9.64. The van der Waals surface area contributed by atoms with Crippen LogP contribution < -0.4 is 0 Å². The topological polar surface area (TPSA) is 62.4 Å². The summed E-state index contributed by atoms with van der Waals surface area (Å²) in [5.74, 6) is 0.00136. The van der Waals surface area contributed by atoms with Crippen LogP contribution in [0.25, 0.3) is 10.9 Å². The quantitative estimate of drug-likeness (QED) is 0.837. The highest BCUT2D eigenvalue weighted by atomic mass is 16.5. The lowest BCUT2D eigenvalue weighted by Crippen LogP contribution is -2.46. The van der Waals surface area contributed by atoms with E-state index in [1.165, 1.54) is 0 Å². The van der Waals surface area contributed by atoms with Crippen molar-refractivity contribution in [2.24, 2.45) is 5.41 Å². The zero-order valence-corrected chi connectivity index (χ0v) is 15.5. The minimum atomic E-state index is -0.519. The van der Waals surface area contributed by atoms with E-state index < -0.39 is 5.41 Å². The number of fused-ring (bicyclic) bond motifs is 3. The molecule has 26 heavy (non-hydrogen) atoms. The Balaban J connectivity index is 1.58. The van der Waals surface area contributed by atoms with Crippen molar-refractivity contribution in [2.45, 2.75) is 58.0 Å². The van der Waals surface area contributed by atoms with Crippen LogP contribution >= 0.6 is 0 Å². The number of rotatable bonds is 5. The third-order valence-corrected chi connectivity index (χ3v) is 6.36. The predicted molar refractivity (Wildman–Crippen MR) is 99.6 cm³/mol. The van der Waals surface area contributed by atoms with Gasteiger partial charge in [0.2, 0.25) is 5.91 Å². The van der Waals surface area contributed by atoms with E-state index in [0.717, 1.165) is 42.1 Å². The smallest absolute Gasteiger partial charge is 0.314 e. The Labute approximate surface area is 153 Å². The molecule has 0 aliphatic carbocycles. The molecule has 0 radical (unpaired) electrons. The number of esters is 1. The van der Waals surface area contributed by atoms with Crippen LogP contribution in [-0.4, -0.2) is 40.5 Å². The van der Waals surface area contributed by atoms with Crippen LogP contribution in [0.5, 0.6) is 0 Å². The van der Waals surface area contributed by atoms with E-state index in [1.807, 2.05) is 49.2 Å². The van der Waals surface area contributed by atoms with Crippen molar-refractivity contribution < 1.29 is 14.3 Å². The van der Waals surface area contributed by atoms with E-state index in [9.17, 15) is 9.59 Å². The molecule has 3 heterocycles. The number of H-pyrrole nitrogens is 1. The summed E-state index contributed by atoms with van der Waals surface area (Å²) >= 11 is 0. The Morgan fingerprint density at radius 1 is 1.27 bits per heavy atom. The fourth-order valence-corrected chi connectivity index (χ4v) is 5.11. The number of carbonyl (C=O) groups excluding carboxylic acids is 2. The fourth-order valence-electron chi connectivity index (χ4n) is 5.11. The predicted octanol–water partition coefficient (Wildman–Crippen LogP) is 3.43. The van der Waals surface area contributed by atoms with Crippen LogP contribution in [-0.2, 0) is 20.7 Å². The number of para-hydroxylation sites is 1. The van der Waals surface area contributed by atoms with Crippen LogP contribution in [0.3, 0.4) is 0 Å². The maximum absolute atomic E-state index is 13.2. The summed E-state index contributed by atoms with van der Waals surface area (Å²) in [5.41, 5.74) is 1.55. The molecule has 5 heteroatoms. The molecule has 2 fully saturated rings. The maximum Gasteiger partial charge on any atom is 0.314 e. The highest BCUT2D eigenvalue weighted by Gasteiger charge is 2.60. The highest BCUT2D eigenvalue weighted by molar-refractivity contribution is 5.90. The number of nitrogens with zero attached hydrogens (tertiary/aromatic N) is 1. The fraction of sp³-hybridized carbons (Fsp3) is 0.524. The molecule has 5 nitrogen and oxygen atoms in total. The molecule has 1 aromatic carbocycles. The first kappa shape index (κ1) is 17.1. The van der Waals surface area contributed by atoms with Gasteiger partial charge in [0.1, 0.15) is 0 Å². The van der Waals surface area contributed by atoms with Gasteiger partial charge in [-0.1, -0.05) is 25.1 Å². The number of amides is 1. The van der Waals surface area contributed by atoms with Crippen LogP contribution in [0.1, 0.15) is 45.1 Å². The molecule has 1 amide bonds. The lowest BCUT2D eigenvalue weighted by molar-refractivity contribution is -0.158. The summed E-state index contributed by atoms with van der Waals surface area (Å²) in [6.07, 6.45) is 5.66. The Morgan fingerprint density at radius 3 is 2.85 bits per heavy atom. The Bertz CT molecular complexity index is 843. The number of benzene rings is 1. The molecule has 1 N–H and O–H groups in total. The molecule has 4 rings (SSSR count). The van der Waals surface area contributed by atoms with Gasteiger partial charge in [0, 0.05) is 29.2 Å². The Morgan fingerprint density at radius 2 is 2.08 bits per heavy atom. The average Bonchev–Trinajstić information content (AvgIpc) is 3.34. The van der Waals surface area contributed by atoms with Crippen molar-refractivity contribution in [3.63, 3.8) is 0 Å².